The van der Waals surface area contributed by atoms with Crippen molar-refractivity contribution in [2.24, 2.45) is 0 Å². The van der Waals surface area contributed by atoms with Crippen LogP contribution in [-0.2, 0) is 6.54 Å². The zero-order valence-electron chi connectivity index (χ0n) is 14.5. The van der Waals surface area contributed by atoms with Crippen molar-refractivity contribution in [1.29, 1.82) is 0 Å². The summed E-state index contributed by atoms with van der Waals surface area (Å²) in [6.45, 7) is 4.62. The second-order valence-corrected chi connectivity index (χ2v) is 7.25. The lowest BCUT2D eigenvalue weighted by Crippen LogP contribution is -2.35. The van der Waals surface area contributed by atoms with E-state index in [2.05, 4.69) is 5.10 Å². The molecular weight excluding hydrogens is 370 g/mol. The minimum atomic E-state index is -0.373. The Morgan fingerprint density at radius 2 is 2.00 bits per heavy atom. The van der Waals surface area contributed by atoms with Crippen LogP contribution in [0.2, 0.25) is 5.02 Å². The Bertz CT molecular complexity index is 965. The fraction of sp³-hybridized carbons (Fsp3) is 0.211. The van der Waals surface area contributed by atoms with E-state index in [1.807, 2.05) is 24.4 Å². The van der Waals surface area contributed by atoms with Gasteiger partial charge in [0.1, 0.15) is 0 Å². The number of aromatic nitrogens is 2. The van der Waals surface area contributed by atoms with E-state index in [0.717, 1.165) is 10.6 Å². The van der Waals surface area contributed by atoms with Crippen LogP contribution in [0.5, 0.6) is 0 Å². The lowest BCUT2D eigenvalue weighted by Gasteiger charge is -2.20. The smallest absolute Gasteiger partial charge is 0.278 e. The topological polar surface area (TPSA) is 55.2 Å². The number of benzene rings is 1. The molecule has 3 rings (SSSR count). The Morgan fingerprint density at radius 1 is 1.27 bits per heavy atom. The van der Waals surface area contributed by atoms with E-state index in [9.17, 15) is 9.59 Å². The van der Waals surface area contributed by atoms with Crippen molar-refractivity contribution in [3.8, 4) is 5.69 Å². The molecule has 0 saturated heterocycles. The van der Waals surface area contributed by atoms with Crippen LogP contribution in [-0.4, -0.2) is 27.1 Å². The average Bonchev–Trinajstić information content (AvgIpc) is 3.13. The first-order valence-electron chi connectivity index (χ1n) is 8.18. The van der Waals surface area contributed by atoms with Gasteiger partial charge in [-0.15, -0.1) is 11.3 Å². The largest absolute Gasteiger partial charge is 0.332 e. The molecule has 1 aromatic carbocycles. The Balaban J connectivity index is 1.98. The van der Waals surface area contributed by atoms with Crippen LogP contribution in [0, 0.1) is 6.92 Å². The molecular formula is C19H18ClN3O2S. The number of halogens is 1. The molecule has 2 aromatic heterocycles. The Hall–Kier alpha value is -2.44. The first-order valence-corrected chi connectivity index (χ1v) is 9.44. The summed E-state index contributed by atoms with van der Waals surface area (Å²) in [6.07, 6.45) is 0. The van der Waals surface area contributed by atoms with Gasteiger partial charge in [-0.25, -0.2) is 4.68 Å². The Labute approximate surface area is 160 Å². The molecule has 0 saturated carbocycles. The number of aryl methyl sites for hydroxylation is 1. The maximum atomic E-state index is 12.9. The van der Waals surface area contributed by atoms with Gasteiger partial charge in [-0.3, -0.25) is 9.59 Å². The number of hydrogen-bond acceptors (Lipinski definition) is 4. The van der Waals surface area contributed by atoms with Crippen molar-refractivity contribution in [3.05, 3.63) is 79.4 Å². The van der Waals surface area contributed by atoms with Gasteiger partial charge in [0.2, 0.25) is 5.43 Å². The van der Waals surface area contributed by atoms with Crippen molar-refractivity contribution in [1.82, 2.24) is 14.7 Å². The standard InChI is InChI=1S/C19H18ClN3O2S/c1-3-22(12-16-5-4-10-26-16)19(25)18-17(24)11-13(2)23(21-18)15-8-6-14(20)7-9-15/h4-11H,3,12H2,1-2H3. The summed E-state index contributed by atoms with van der Waals surface area (Å²) in [6, 6.07) is 12.4. The molecule has 0 fully saturated rings. The lowest BCUT2D eigenvalue weighted by atomic mass is 10.2. The van der Waals surface area contributed by atoms with Crippen LogP contribution in [0.1, 0.15) is 28.0 Å². The van der Waals surface area contributed by atoms with Gasteiger partial charge >= 0.3 is 0 Å². The second-order valence-electron chi connectivity index (χ2n) is 5.79. The molecule has 0 radical (unpaired) electrons. The van der Waals surface area contributed by atoms with E-state index < -0.39 is 0 Å². The van der Waals surface area contributed by atoms with Gasteiger partial charge in [0.25, 0.3) is 5.91 Å². The Kier molecular flexibility index (Phi) is 5.54. The van der Waals surface area contributed by atoms with Gasteiger partial charge < -0.3 is 4.90 Å². The highest BCUT2D eigenvalue weighted by Crippen LogP contribution is 2.15. The molecule has 0 N–H and O–H groups in total. The van der Waals surface area contributed by atoms with Crippen molar-refractivity contribution in [2.75, 3.05) is 6.54 Å². The monoisotopic (exact) mass is 387 g/mol. The molecule has 0 bridgehead atoms. The van der Waals surface area contributed by atoms with Crippen molar-refractivity contribution in [3.63, 3.8) is 0 Å². The molecule has 0 aliphatic rings. The molecule has 0 unspecified atom stereocenters. The van der Waals surface area contributed by atoms with Crippen LogP contribution >= 0.6 is 22.9 Å². The summed E-state index contributed by atoms with van der Waals surface area (Å²) in [5.74, 6) is -0.367. The lowest BCUT2D eigenvalue weighted by molar-refractivity contribution is 0.0744. The molecule has 0 spiro atoms. The Morgan fingerprint density at radius 3 is 2.62 bits per heavy atom. The first kappa shape index (κ1) is 18.4. The zero-order chi connectivity index (χ0) is 18.7. The fourth-order valence-corrected chi connectivity index (χ4v) is 3.45. The van der Waals surface area contributed by atoms with Crippen LogP contribution in [0.15, 0.2) is 52.6 Å². The highest BCUT2D eigenvalue weighted by molar-refractivity contribution is 7.09. The molecule has 134 valence electrons. The van der Waals surface area contributed by atoms with E-state index in [1.54, 1.807) is 52.1 Å². The number of hydrogen-bond donors (Lipinski definition) is 0. The van der Waals surface area contributed by atoms with Crippen LogP contribution in [0.25, 0.3) is 5.69 Å². The normalized spacial score (nSPS) is 10.7. The van der Waals surface area contributed by atoms with Crippen LogP contribution < -0.4 is 5.43 Å². The van der Waals surface area contributed by atoms with E-state index in [0.29, 0.717) is 23.8 Å². The third-order valence-corrected chi connectivity index (χ3v) is 5.09. The molecule has 0 atom stereocenters. The highest BCUT2D eigenvalue weighted by Gasteiger charge is 2.21. The third-order valence-electron chi connectivity index (χ3n) is 3.98. The van der Waals surface area contributed by atoms with Crippen LogP contribution in [0.4, 0.5) is 0 Å². The summed E-state index contributed by atoms with van der Waals surface area (Å²) < 4.78 is 1.59. The maximum absolute atomic E-state index is 12.9. The van der Waals surface area contributed by atoms with Gasteiger partial charge in [0.05, 0.1) is 12.2 Å². The number of carbonyl (C=O) groups excluding carboxylic acids is 1. The van der Waals surface area contributed by atoms with Gasteiger partial charge in [0, 0.05) is 28.2 Å². The molecule has 1 amide bonds. The first-order chi connectivity index (χ1) is 12.5. The summed E-state index contributed by atoms with van der Waals surface area (Å²) >= 11 is 7.51. The number of amides is 1. The third kappa shape index (κ3) is 3.86. The SMILES string of the molecule is CCN(Cc1cccs1)C(=O)c1nn(-c2ccc(Cl)cc2)c(C)cc1=O. The fourth-order valence-electron chi connectivity index (χ4n) is 2.61. The van der Waals surface area contributed by atoms with E-state index in [-0.39, 0.29) is 17.0 Å². The molecule has 2 heterocycles. The van der Waals surface area contributed by atoms with Gasteiger partial charge in [0.15, 0.2) is 5.69 Å². The van der Waals surface area contributed by atoms with Crippen molar-refractivity contribution in [2.45, 2.75) is 20.4 Å². The van der Waals surface area contributed by atoms with Crippen molar-refractivity contribution < 1.29 is 4.79 Å². The number of carbonyl (C=O) groups is 1. The highest BCUT2D eigenvalue weighted by atomic mass is 35.5. The number of thiophene rings is 1. The number of nitrogens with zero attached hydrogens (tertiary/aromatic N) is 3. The predicted molar refractivity (Wildman–Crippen MR) is 104 cm³/mol. The predicted octanol–water partition coefficient (Wildman–Crippen LogP) is 3.92. The second kappa shape index (κ2) is 7.85. The van der Waals surface area contributed by atoms with E-state index >= 15 is 0 Å². The summed E-state index contributed by atoms with van der Waals surface area (Å²) in [4.78, 5) is 28.0. The average molecular weight is 388 g/mol. The van der Waals surface area contributed by atoms with Gasteiger partial charge in [-0.05, 0) is 49.6 Å². The summed E-state index contributed by atoms with van der Waals surface area (Å²) in [5.41, 5.74) is 0.934. The quantitative estimate of drug-likeness (QED) is 0.666. The molecule has 0 aliphatic heterocycles. The van der Waals surface area contributed by atoms with E-state index in [1.165, 1.54) is 6.07 Å². The minimum Gasteiger partial charge on any atom is -0.332 e. The van der Waals surface area contributed by atoms with Crippen LogP contribution in [0.3, 0.4) is 0 Å². The zero-order valence-corrected chi connectivity index (χ0v) is 16.0. The molecule has 26 heavy (non-hydrogen) atoms. The molecule has 3 aromatic rings. The summed E-state index contributed by atoms with van der Waals surface area (Å²) in [7, 11) is 0. The maximum Gasteiger partial charge on any atom is 0.278 e. The van der Waals surface area contributed by atoms with Gasteiger partial charge in [-0.2, -0.15) is 5.10 Å². The molecule has 7 heteroatoms. The molecule has 5 nitrogen and oxygen atoms in total. The summed E-state index contributed by atoms with van der Waals surface area (Å²) in [5, 5.41) is 6.91. The number of rotatable bonds is 5. The van der Waals surface area contributed by atoms with Gasteiger partial charge in [-0.1, -0.05) is 17.7 Å². The van der Waals surface area contributed by atoms with Crippen molar-refractivity contribution >= 4 is 28.8 Å². The minimum absolute atomic E-state index is 0.0797. The molecule has 0 aliphatic carbocycles. The van der Waals surface area contributed by atoms with E-state index in [4.69, 9.17) is 11.6 Å².